The predicted molar refractivity (Wildman–Crippen MR) is 80.3 cm³/mol. The average molecular weight is 295 g/mol. The van der Waals surface area contributed by atoms with Gasteiger partial charge >= 0.3 is 5.97 Å². The molecule has 0 saturated heterocycles. The van der Waals surface area contributed by atoms with Crippen LogP contribution in [0.5, 0.6) is 0 Å². The maximum atomic E-state index is 12.2. The van der Waals surface area contributed by atoms with Crippen molar-refractivity contribution in [1.82, 2.24) is 15.1 Å². The van der Waals surface area contributed by atoms with Gasteiger partial charge in [-0.05, 0) is 31.7 Å². The summed E-state index contributed by atoms with van der Waals surface area (Å²) in [5, 5.41) is 16.0. The van der Waals surface area contributed by atoms with Gasteiger partial charge in [0.25, 0.3) is 5.91 Å². The molecule has 0 fully saturated rings. The smallest absolute Gasteiger partial charge is 0.326 e. The van der Waals surface area contributed by atoms with E-state index < -0.39 is 17.9 Å². The van der Waals surface area contributed by atoms with Crippen molar-refractivity contribution in [2.24, 2.45) is 5.92 Å². The normalized spacial score (nSPS) is 12.7. The van der Waals surface area contributed by atoms with Crippen molar-refractivity contribution in [1.29, 1.82) is 0 Å². The third-order valence-corrected chi connectivity index (χ3v) is 3.66. The lowest BCUT2D eigenvalue weighted by molar-refractivity contribution is -0.140. The van der Waals surface area contributed by atoms with Crippen LogP contribution in [-0.2, 0) is 4.79 Å². The Kier molecular flexibility index (Phi) is 5.93. The molecule has 1 rings (SSSR count). The molecule has 21 heavy (non-hydrogen) atoms. The molecule has 1 heterocycles. The Morgan fingerprint density at radius 3 is 2.33 bits per heavy atom. The van der Waals surface area contributed by atoms with Crippen LogP contribution in [0.4, 0.5) is 0 Å². The van der Waals surface area contributed by atoms with E-state index in [-0.39, 0.29) is 17.7 Å². The van der Waals surface area contributed by atoms with Crippen molar-refractivity contribution in [2.45, 2.75) is 59.5 Å². The summed E-state index contributed by atoms with van der Waals surface area (Å²) in [4.78, 5) is 23.3. The quantitative estimate of drug-likeness (QED) is 0.809. The molecule has 6 heteroatoms. The molecule has 0 aliphatic carbocycles. The SMILES string of the molecule is CCC(CC)n1nc(C(=O)NC(C(=O)O)C(C)C)cc1C. The number of carboxylic acids is 1. The van der Waals surface area contributed by atoms with Gasteiger partial charge in [-0.25, -0.2) is 4.79 Å². The molecule has 6 nitrogen and oxygen atoms in total. The standard InChI is InChI=1S/C15H25N3O3/c1-6-11(7-2)18-10(5)8-12(17-18)14(19)16-13(9(3)4)15(20)21/h8-9,11,13H,6-7H2,1-5H3,(H,16,19)(H,20,21). The average Bonchev–Trinajstić information content (AvgIpc) is 2.79. The van der Waals surface area contributed by atoms with E-state index in [2.05, 4.69) is 24.3 Å². The van der Waals surface area contributed by atoms with Gasteiger partial charge in [-0.15, -0.1) is 0 Å². The van der Waals surface area contributed by atoms with E-state index in [4.69, 9.17) is 5.11 Å². The summed E-state index contributed by atoms with van der Waals surface area (Å²) >= 11 is 0. The van der Waals surface area contributed by atoms with Crippen molar-refractivity contribution in [3.63, 3.8) is 0 Å². The van der Waals surface area contributed by atoms with Crippen molar-refractivity contribution in [3.05, 3.63) is 17.5 Å². The van der Waals surface area contributed by atoms with E-state index in [1.165, 1.54) is 0 Å². The third-order valence-electron chi connectivity index (χ3n) is 3.66. The molecule has 0 saturated carbocycles. The molecule has 2 N–H and O–H groups in total. The van der Waals surface area contributed by atoms with Crippen molar-refractivity contribution in [2.75, 3.05) is 0 Å². The van der Waals surface area contributed by atoms with Crippen LogP contribution >= 0.6 is 0 Å². The maximum Gasteiger partial charge on any atom is 0.326 e. The summed E-state index contributed by atoms with van der Waals surface area (Å²) in [5.74, 6) is -1.66. The van der Waals surface area contributed by atoms with Crippen LogP contribution in [0.25, 0.3) is 0 Å². The first-order valence-electron chi connectivity index (χ1n) is 7.41. The number of hydrogen-bond donors (Lipinski definition) is 2. The summed E-state index contributed by atoms with van der Waals surface area (Å²) < 4.78 is 1.85. The molecule has 118 valence electrons. The molecular formula is C15H25N3O3. The minimum absolute atomic E-state index is 0.186. The predicted octanol–water partition coefficient (Wildman–Crippen LogP) is 2.39. The molecule has 1 aromatic rings. The number of carbonyl (C=O) groups is 2. The number of amides is 1. The summed E-state index contributed by atoms with van der Waals surface area (Å²) in [7, 11) is 0. The number of nitrogens with zero attached hydrogens (tertiary/aromatic N) is 2. The van der Waals surface area contributed by atoms with Gasteiger partial charge in [0.15, 0.2) is 0 Å². The number of aromatic nitrogens is 2. The van der Waals surface area contributed by atoms with Gasteiger partial charge < -0.3 is 10.4 Å². The first kappa shape index (κ1) is 17.2. The van der Waals surface area contributed by atoms with E-state index in [1.807, 2.05) is 11.6 Å². The Bertz CT molecular complexity index is 504. The van der Waals surface area contributed by atoms with Crippen LogP contribution in [-0.4, -0.2) is 32.8 Å². The van der Waals surface area contributed by atoms with Crippen LogP contribution < -0.4 is 5.32 Å². The number of carboxylic acid groups (broad SMARTS) is 1. The highest BCUT2D eigenvalue weighted by Gasteiger charge is 2.25. The Labute approximate surface area is 125 Å². The van der Waals surface area contributed by atoms with E-state index in [0.717, 1.165) is 18.5 Å². The van der Waals surface area contributed by atoms with E-state index in [0.29, 0.717) is 0 Å². The van der Waals surface area contributed by atoms with E-state index in [1.54, 1.807) is 19.9 Å². The van der Waals surface area contributed by atoms with Gasteiger partial charge in [0, 0.05) is 5.69 Å². The van der Waals surface area contributed by atoms with Gasteiger partial charge in [0.2, 0.25) is 0 Å². The Hall–Kier alpha value is -1.85. The molecule has 0 aliphatic heterocycles. The molecular weight excluding hydrogens is 270 g/mol. The van der Waals surface area contributed by atoms with Gasteiger partial charge in [0.1, 0.15) is 11.7 Å². The lowest BCUT2D eigenvalue weighted by atomic mass is 10.0. The fraction of sp³-hybridized carbons (Fsp3) is 0.667. The Morgan fingerprint density at radius 2 is 1.90 bits per heavy atom. The summed E-state index contributed by atoms with van der Waals surface area (Å²) in [6.45, 7) is 9.57. The lowest BCUT2D eigenvalue weighted by Gasteiger charge is -2.17. The number of rotatable bonds is 7. The van der Waals surface area contributed by atoms with Crippen molar-refractivity contribution >= 4 is 11.9 Å². The zero-order valence-electron chi connectivity index (χ0n) is 13.4. The van der Waals surface area contributed by atoms with Crippen LogP contribution in [0.3, 0.4) is 0 Å². The number of aliphatic carboxylic acids is 1. The highest BCUT2D eigenvalue weighted by Crippen LogP contribution is 2.18. The van der Waals surface area contributed by atoms with Crippen molar-refractivity contribution in [3.8, 4) is 0 Å². The number of carbonyl (C=O) groups excluding carboxylic acids is 1. The largest absolute Gasteiger partial charge is 0.480 e. The highest BCUT2D eigenvalue weighted by molar-refractivity contribution is 5.95. The summed E-state index contributed by atoms with van der Waals surface area (Å²) in [6, 6.07) is 1.05. The molecule has 1 aromatic heterocycles. The van der Waals surface area contributed by atoms with Crippen LogP contribution in [0.15, 0.2) is 6.07 Å². The molecule has 0 radical (unpaired) electrons. The second-order valence-corrected chi connectivity index (χ2v) is 5.62. The zero-order chi connectivity index (χ0) is 16.2. The second-order valence-electron chi connectivity index (χ2n) is 5.62. The number of aryl methyl sites for hydroxylation is 1. The molecule has 0 aromatic carbocycles. The fourth-order valence-electron chi connectivity index (χ4n) is 2.33. The highest BCUT2D eigenvalue weighted by atomic mass is 16.4. The van der Waals surface area contributed by atoms with Gasteiger partial charge in [-0.1, -0.05) is 27.7 Å². The molecule has 0 spiro atoms. The zero-order valence-corrected chi connectivity index (χ0v) is 13.4. The maximum absolute atomic E-state index is 12.2. The van der Waals surface area contributed by atoms with Crippen LogP contribution in [0.1, 0.15) is 62.8 Å². The molecule has 0 bridgehead atoms. The first-order valence-corrected chi connectivity index (χ1v) is 7.41. The van der Waals surface area contributed by atoms with Crippen LogP contribution in [0, 0.1) is 12.8 Å². The van der Waals surface area contributed by atoms with E-state index in [9.17, 15) is 9.59 Å². The van der Waals surface area contributed by atoms with E-state index >= 15 is 0 Å². The molecule has 1 amide bonds. The monoisotopic (exact) mass is 295 g/mol. The minimum Gasteiger partial charge on any atom is -0.480 e. The molecule has 1 atom stereocenters. The lowest BCUT2D eigenvalue weighted by Crippen LogP contribution is -2.44. The second kappa shape index (κ2) is 7.24. The van der Waals surface area contributed by atoms with Gasteiger partial charge in [-0.3, -0.25) is 9.48 Å². The van der Waals surface area contributed by atoms with Crippen LogP contribution in [0.2, 0.25) is 0 Å². The Morgan fingerprint density at radius 1 is 1.33 bits per heavy atom. The number of hydrogen-bond acceptors (Lipinski definition) is 3. The molecule has 0 aliphatic rings. The topological polar surface area (TPSA) is 84.2 Å². The minimum atomic E-state index is -1.03. The van der Waals surface area contributed by atoms with Gasteiger partial charge in [0.05, 0.1) is 6.04 Å². The van der Waals surface area contributed by atoms with Gasteiger partial charge in [-0.2, -0.15) is 5.10 Å². The first-order chi connectivity index (χ1) is 9.81. The molecule has 1 unspecified atom stereocenters. The summed E-state index contributed by atoms with van der Waals surface area (Å²) in [5.41, 5.74) is 1.18. The van der Waals surface area contributed by atoms with Crippen molar-refractivity contribution < 1.29 is 14.7 Å². The third kappa shape index (κ3) is 4.06. The fourth-order valence-corrected chi connectivity index (χ4v) is 2.33. The number of nitrogens with one attached hydrogen (secondary N) is 1. The summed E-state index contributed by atoms with van der Waals surface area (Å²) in [6.07, 6.45) is 1.87. The Balaban J connectivity index is 2.93.